The van der Waals surface area contributed by atoms with E-state index in [9.17, 15) is 17.6 Å². The summed E-state index contributed by atoms with van der Waals surface area (Å²) in [5.41, 5.74) is 0.651. The van der Waals surface area contributed by atoms with E-state index in [1.165, 1.54) is 6.07 Å². The molecule has 3 N–H and O–H groups in total. The quantitative estimate of drug-likeness (QED) is 0.761. The highest BCUT2D eigenvalue weighted by atomic mass is 32.2. The van der Waals surface area contributed by atoms with Crippen molar-refractivity contribution in [3.63, 3.8) is 0 Å². The molecule has 8 heteroatoms. The van der Waals surface area contributed by atoms with Crippen LogP contribution in [-0.4, -0.2) is 44.1 Å². The highest BCUT2D eigenvalue weighted by Crippen LogP contribution is 2.16. The molecule has 1 heterocycles. The summed E-state index contributed by atoms with van der Waals surface area (Å²) in [6.07, 6.45) is 2.15. The van der Waals surface area contributed by atoms with Crippen molar-refractivity contribution in [1.29, 1.82) is 0 Å². The molecule has 0 saturated carbocycles. The second kappa shape index (κ2) is 8.55. The molecule has 134 valence electrons. The molecule has 0 aromatic heterocycles. The Balaban J connectivity index is 1.78. The van der Waals surface area contributed by atoms with Crippen molar-refractivity contribution in [3.8, 4) is 0 Å². The maximum atomic E-state index is 13.7. The Hall–Kier alpha value is -1.51. The van der Waals surface area contributed by atoms with Crippen molar-refractivity contribution in [2.24, 2.45) is 5.14 Å². The third-order valence-electron chi connectivity index (χ3n) is 4.06. The summed E-state index contributed by atoms with van der Waals surface area (Å²) in [6, 6.07) is 6.70. The minimum absolute atomic E-state index is 0.00695. The Morgan fingerprint density at radius 1 is 1.38 bits per heavy atom. The molecule has 1 aliphatic heterocycles. The van der Waals surface area contributed by atoms with Crippen LogP contribution in [0.1, 0.15) is 31.2 Å². The van der Waals surface area contributed by atoms with Gasteiger partial charge in [0.15, 0.2) is 0 Å². The van der Waals surface area contributed by atoms with Crippen LogP contribution in [0.2, 0.25) is 0 Å². The highest BCUT2D eigenvalue weighted by molar-refractivity contribution is 7.89. The summed E-state index contributed by atoms with van der Waals surface area (Å²) in [4.78, 5) is 14.0. The van der Waals surface area contributed by atoms with E-state index in [1.54, 1.807) is 12.1 Å². The summed E-state index contributed by atoms with van der Waals surface area (Å²) < 4.78 is 35.4. The van der Waals surface area contributed by atoms with Crippen molar-refractivity contribution in [2.75, 3.05) is 18.8 Å². The number of benzene rings is 1. The second-order valence-electron chi connectivity index (χ2n) is 6.20. The van der Waals surface area contributed by atoms with Crippen LogP contribution in [0, 0.1) is 5.82 Å². The fraction of sp³-hybridized carbons (Fsp3) is 0.562. The number of hydrogen-bond acceptors (Lipinski definition) is 4. The molecule has 0 radical (unpaired) electrons. The number of carbonyl (C=O) groups excluding carboxylic acids is 1. The Labute approximate surface area is 142 Å². The molecule has 1 atom stereocenters. The highest BCUT2D eigenvalue weighted by Gasteiger charge is 2.22. The maximum Gasteiger partial charge on any atom is 0.220 e. The number of halogens is 1. The average molecular weight is 357 g/mol. The van der Waals surface area contributed by atoms with Gasteiger partial charge in [-0.3, -0.25) is 9.69 Å². The first-order chi connectivity index (χ1) is 11.3. The fourth-order valence-corrected chi connectivity index (χ4v) is 3.46. The monoisotopic (exact) mass is 357 g/mol. The van der Waals surface area contributed by atoms with Gasteiger partial charge in [0, 0.05) is 31.1 Å². The molecule has 24 heavy (non-hydrogen) atoms. The molecule has 0 spiro atoms. The number of hydrogen-bond donors (Lipinski definition) is 2. The fourth-order valence-electron chi connectivity index (χ4n) is 2.92. The molecule has 1 aliphatic rings. The zero-order chi connectivity index (χ0) is 17.6. The first kappa shape index (κ1) is 18.8. The number of nitrogens with zero attached hydrogens (tertiary/aromatic N) is 1. The summed E-state index contributed by atoms with van der Waals surface area (Å²) in [7, 11) is -3.52. The Bertz CT molecular complexity index is 666. The summed E-state index contributed by atoms with van der Waals surface area (Å²) >= 11 is 0. The number of nitrogens with one attached hydrogen (secondary N) is 1. The molecule has 1 aromatic carbocycles. The molecule has 2 rings (SSSR count). The predicted molar refractivity (Wildman–Crippen MR) is 90.0 cm³/mol. The number of carbonyl (C=O) groups is 1. The van der Waals surface area contributed by atoms with Gasteiger partial charge in [-0.25, -0.2) is 17.9 Å². The normalized spacial score (nSPS) is 19.2. The first-order valence-electron chi connectivity index (χ1n) is 8.09. The van der Waals surface area contributed by atoms with Crippen LogP contribution in [-0.2, 0) is 21.4 Å². The number of nitrogens with two attached hydrogens (primary N) is 1. The Morgan fingerprint density at radius 3 is 2.83 bits per heavy atom. The van der Waals surface area contributed by atoms with Gasteiger partial charge in [0.25, 0.3) is 0 Å². The maximum absolute atomic E-state index is 13.7. The first-order valence-corrected chi connectivity index (χ1v) is 9.80. The third-order valence-corrected chi connectivity index (χ3v) is 4.91. The van der Waals surface area contributed by atoms with Crippen molar-refractivity contribution in [2.45, 2.75) is 38.3 Å². The zero-order valence-corrected chi connectivity index (χ0v) is 14.4. The second-order valence-corrected chi connectivity index (χ2v) is 7.94. The van der Waals surface area contributed by atoms with Gasteiger partial charge in [-0.15, -0.1) is 0 Å². The molecule has 1 fully saturated rings. The van der Waals surface area contributed by atoms with Gasteiger partial charge in [0.1, 0.15) is 5.82 Å². The van der Waals surface area contributed by atoms with Crippen LogP contribution >= 0.6 is 0 Å². The van der Waals surface area contributed by atoms with Gasteiger partial charge in [-0.1, -0.05) is 18.2 Å². The topological polar surface area (TPSA) is 92.5 Å². The number of rotatable bonds is 7. The van der Waals surface area contributed by atoms with E-state index in [0.717, 1.165) is 19.4 Å². The van der Waals surface area contributed by atoms with Gasteiger partial charge in [-0.05, 0) is 31.9 Å². The van der Waals surface area contributed by atoms with Crippen molar-refractivity contribution in [1.82, 2.24) is 10.2 Å². The number of sulfonamides is 1. The summed E-state index contributed by atoms with van der Waals surface area (Å²) in [6.45, 7) is 2.05. The lowest BCUT2D eigenvalue weighted by Gasteiger charge is -2.33. The standard InChI is InChI=1S/C16H24FN3O3S/c17-15-7-2-1-5-13(15)11-20-9-3-6-14(12-20)19-16(21)8-4-10-24(18,22)23/h1-2,5,7,14H,3-4,6,8-12H2,(H,19,21)(H2,18,22,23). The van der Waals surface area contributed by atoms with E-state index >= 15 is 0 Å². The summed E-state index contributed by atoms with van der Waals surface area (Å²) in [5.74, 6) is -0.576. The van der Waals surface area contributed by atoms with E-state index < -0.39 is 10.0 Å². The average Bonchev–Trinajstić information content (AvgIpc) is 2.48. The smallest absolute Gasteiger partial charge is 0.220 e. The lowest BCUT2D eigenvalue weighted by molar-refractivity contribution is -0.122. The largest absolute Gasteiger partial charge is 0.352 e. The van der Waals surface area contributed by atoms with Crippen LogP contribution in [0.4, 0.5) is 4.39 Å². The molecule has 0 aliphatic carbocycles. The molecule has 6 nitrogen and oxygen atoms in total. The molecule has 1 aromatic rings. The lowest BCUT2D eigenvalue weighted by Crippen LogP contribution is -2.47. The van der Waals surface area contributed by atoms with Crippen LogP contribution in [0.3, 0.4) is 0 Å². The lowest BCUT2D eigenvalue weighted by atomic mass is 10.0. The third kappa shape index (κ3) is 6.54. The SMILES string of the molecule is NS(=O)(=O)CCCC(=O)NC1CCCN(Cc2ccccc2F)C1. The molecule has 1 amide bonds. The molecule has 0 bridgehead atoms. The van der Waals surface area contributed by atoms with Crippen molar-refractivity contribution in [3.05, 3.63) is 35.6 Å². The van der Waals surface area contributed by atoms with Crippen LogP contribution in [0.5, 0.6) is 0 Å². The van der Waals surface area contributed by atoms with E-state index in [2.05, 4.69) is 10.2 Å². The van der Waals surface area contributed by atoms with Gasteiger partial charge >= 0.3 is 0 Å². The Morgan fingerprint density at radius 2 is 2.12 bits per heavy atom. The predicted octanol–water partition coefficient (Wildman–Crippen LogP) is 0.975. The molecule has 1 saturated heterocycles. The summed E-state index contributed by atoms with van der Waals surface area (Å²) in [5, 5.41) is 7.84. The number of piperidine rings is 1. The number of amides is 1. The van der Waals surface area contributed by atoms with E-state index in [-0.39, 0.29) is 36.4 Å². The minimum Gasteiger partial charge on any atom is -0.352 e. The van der Waals surface area contributed by atoms with Gasteiger partial charge in [-0.2, -0.15) is 0 Å². The van der Waals surface area contributed by atoms with Crippen molar-refractivity contribution >= 4 is 15.9 Å². The molecular formula is C16H24FN3O3S. The molecular weight excluding hydrogens is 333 g/mol. The number of primary sulfonamides is 1. The van der Waals surface area contributed by atoms with Crippen LogP contribution < -0.4 is 10.5 Å². The van der Waals surface area contributed by atoms with Gasteiger partial charge < -0.3 is 5.32 Å². The van der Waals surface area contributed by atoms with Gasteiger partial charge in [0.05, 0.1) is 5.75 Å². The van der Waals surface area contributed by atoms with E-state index in [1.807, 2.05) is 6.07 Å². The zero-order valence-electron chi connectivity index (χ0n) is 13.6. The minimum atomic E-state index is -3.52. The number of likely N-dealkylation sites (tertiary alicyclic amines) is 1. The van der Waals surface area contributed by atoms with E-state index in [0.29, 0.717) is 18.7 Å². The molecule has 1 unspecified atom stereocenters. The van der Waals surface area contributed by atoms with Crippen LogP contribution in [0.15, 0.2) is 24.3 Å². The van der Waals surface area contributed by atoms with Crippen LogP contribution in [0.25, 0.3) is 0 Å². The van der Waals surface area contributed by atoms with E-state index in [4.69, 9.17) is 5.14 Å². The van der Waals surface area contributed by atoms with Crippen molar-refractivity contribution < 1.29 is 17.6 Å². The Kier molecular flexibility index (Phi) is 6.70. The van der Waals surface area contributed by atoms with Gasteiger partial charge in [0.2, 0.25) is 15.9 Å².